The van der Waals surface area contributed by atoms with Gasteiger partial charge in [-0.1, -0.05) is 0 Å². The third kappa shape index (κ3) is 1.48. The first-order valence-electron chi connectivity index (χ1n) is 3.99. The van der Waals surface area contributed by atoms with Crippen molar-refractivity contribution in [1.82, 2.24) is 0 Å². The van der Waals surface area contributed by atoms with Crippen LogP contribution in [0.3, 0.4) is 0 Å². The van der Waals surface area contributed by atoms with Crippen molar-refractivity contribution in [2.75, 3.05) is 0 Å². The molecule has 1 fully saturated rings. The average Bonchev–Trinajstić information content (AvgIpc) is 2.68. The fraction of sp³-hybridized carbons (Fsp3) is 0.500. The molecule has 2 N–H and O–H groups in total. The van der Waals surface area contributed by atoms with E-state index in [0.717, 1.165) is 0 Å². The van der Waals surface area contributed by atoms with E-state index in [1.165, 1.54) is 6.42 Å². The number of hydrogen-bond donors (Lipinski definition) is 1. The Morgan fingerprint density at radius 2 is 2.30 bits per heavy atom. The summed E-state index contributed by atoms with van der Waals surface area (Å²) in [6.45, 7) is 0. The molecular formula is C8H12InN. The van der Waals surface area contributed by atoms with Crippen molar-refractivity contribution in [3.63, 3.8) is 0 Å². The van der Waals surface area contributed by atoms with Gasteiger partial charge in [-0.05, 0) is 0 Å². The minimum absolute atomic E-state index is 0.345. The van der Waals surface area contributed by atoms with Crippen molar-refractivity contribution in [2.45, 2.75) is 20.8 Å². The van der Waals surface area contributed by atoms with Gasteiger partial charge in [-0.3, -0.25) is 0 Å². The van der Waals surface area contributed by atoms with Crippen LogP contribution in [-0.4, -0.2) is 27.5 Å². The Bertz CT molecular complexity index is 191. The van der Waals surface area contributed by atoms with Crippen molar-refractivity contribution >= 4 is 21.4 Å². The van der Waals surface area contributed by atoms with Crippen LogP contribution in [0, 0.1) is 0 Å². The number of nitrogens with two attached hydrogens (primary N) is 1. The zero-order valence-electron chi connectivity index (χ0n) is 6.09. The van der Waals surface area contributed by atoms with E-state index < -0.39 is 21.4 Å². The van der Waals surface area contributed by atoms with Gasteiger partial charge >= 0.3 is 69.5 Å². The van der Waals surface area contributed by atoms with Crippen LogP contribution in [0.2, 0.25) is 8.35 Å². The van der Waals surface area contributed by atoms with Crippen molar-refractivity contribution in [2.24, 2.45) is 5.73 Å². The first-order valence-corrected chi connectivity index (χ1v) is 10.3. The molecule has 0 aromatic carbocycles. The van der Waals surface area contributed by atoms with Gasteiger partial charge < -0.3 is 0 Å². The molecule has 0 radical (unpaired) electrons. The van der Waals surface area contributed by atoms with E-state index in [1.807, 2.05) is 0 Å². The van der Waals surface area contributed by atoms with E-state index in [-0.39, 0.29) is 0 Å². The molecule has 2 aliphatic rings. The summed E-state index contributed by atoms with van der Waals surface area (Å²) in [5, 5.41) is 0. The maximum atomic E-state index is 5.80. The summed E-state index contributed by atoms with van der Waals surface area (Å²) in [6.07, 6.45) is 7.78. The summed E-state index contributed by atoms with van der Waals surface area (Å²) < 4.78 is 5.00. The van der Waals surface area contributed by atoms with Crippen LogP contribution >= 0.6 is 0 Å². The molecule has 1 nitrogen and oxygen atoms in total. The van der Waals surface area contributed by atoms with Crippen LogP contribution in [0.15, 0.2) is 21.6 Å². The van der Waals surface area contributed by atoms with E-state index in [0.29, 0.717) is 6.04 Å². The van der Waals surface area contributed by atoms with Crippen LogP contribution in [0.5, 0.6) is 0 Å². The summed E-state index contributed by atoms with van der Waals surface area (Å²) in [5.74, 6) is 0. The molecule has 1 aliphatic carbocycles. The molecule has 2 heteroatoms. The first kappa shape index (κ1) is 6.99. The van der Waals surface area contributed by atoms with Gasteiger partial charge in [0.15, 0.2) is 0 Å². The second-order valence-corrected chi connectivity index (χ2v) is 12.7. The van der Waals surface area contributed by atoms with Crippen molar-refractivity contribution in [3.8, 4) is 0 Å². The molecule has 1 saturated heterocycles. The summed E-state index contributed by atoms with van der Waals surface area (Å²) in [5.41, 5.74) is 5.80. The zero-order valence-corrected chi connectivity index (χ0v) is 9.38. The molecule has 0 aromatic rings. The third-order valence-electron chi connectivity index (χ3n) is 2.24. The number of rotatable bonds is 1. The van der Waals surface area contributed by atoms with E-state index in [9.17, 15) is 0 Å². The number of hydrogen-bond acceptors (Lipinski definition) is 1. The standard InChI is InChI=1S/C6H8N.C2H4.In/c7-6-4-2-1-3-5-6;1-2;/h1-2,4,6H,5,7H2;1-2H2;. The summed E-state index contributed by atoms with van der Waals surface area (Å²) in [4.78, 5) is 0. The fourth-order valence-electron chi connectivity index (χ4n) is 1.49. The van der Waals surface area contributed by atoms with Gasteiger partial charge in [0.25, 0.3) is 0 Å². The predicted octanol–water partition coefficient (Wildman–Crippen LogP) is 1.25. The zero-order chi connectivity index (χ0) is 6.97. The van der Waals surface area contributed by atoms with Gasteiger partial charge in [-0.15, -0.1) is 0 Å². The Morgan fingerprint density at radius 3 is 2.90 bits per heavy atom. The minimum atomic E-state index is -0.930. The van der Waals surface area contributed by atoms with Crippen LogP contribution in [0.25, 0.3) is 0 Å². The molecule has 0 bridgehead atoms. The Hall–Kier alpha value is 0.310. The molecule has 0 aromatic heterocycles. The van der Waals surface area contributed by atoms with E-state index in [2.05, 4.69) is 18.2 Å². The van der Waals surface area contributed by atoms with Gasteiger partial charge in [0.1, 0.15) is 0 Å². The monoisotopic (exact) mass is 237 g/mol. The molecule has 2 rings (SSSR count). The number of allylic oxidation sites excluding steroid dienone is 2. The second-order valence-electron chi connectivity index (χ2n) is 3.27. The van der Waals surface area contributed by atoms with Crippen molar-refractivity contribution < 1.29 is 0 Å². The normalized spacial score (nSPS) is 30.3. The quantitative estimate of drug-likeness (QED) is 0.729. The summed E-state index contributed by atoms with van der Waals surface area (Å²) in [6, 6.07) is 0.345. The predicted molar refractivity (Wildman–Crippen MR) is 45.2 cm³/mol. The summed E-state index contributed by atoms with van der Waals surface area (Å²) in [7, 11) is 0. The Balaban J connectivity index is 2.06. The summed E-state index contributed by atoms with van der Waals surface area (Å²) >= 11 is -0.930. The molecule has 1 heterocycles. The molecule has 52 valence electrons. The van der Waals surface area contributed by atoms with Crippen LogP contribution in [0.4, 0.5) is 0 Å². The SMILES string of the molecule is NC1C=CC=[C]([In]2[CH2][CH2]2)C1. The van der Waals surface area contributed by atoms with Crippen LogP contribution in [0.1, 0.15) is 6.42 Å². The molecular weight excluding hydrogens is 225 g/mol. The Kier molecular flexibility index (Phi) is 1.92. The first-order chi connectivity index (χ1) is 4.86. The van der Waals surface area contributed by atoms with Gasteiger partial charge in [-0.2, -0.15) is 0 Å². The molecule has 10 heavy (non-hydrogen) atoms. The van der Waals surface area contributed by atoms with Gasteiger partial charge in [0.2, 0.25) is 0 Å². The second kappa shape index (κ2) is 2.74. The molecule has 1 aliphatic heterocycles. The molecule has 1 atom stereocenters. The van der Waals surface area contributed by atoms with Gasteiger partial charge in [0, 0.05) is 0 Å². The maximum absolute atomic E-state index is 5.80. The fourth-order valence-corrected chi connectivity index (χ4v) is 10.1. The Morgan fingerprint density at radius 1 is 1.50 bits per heavy atom. The molecule has 0 spiro atoms. The van der Waals surface area contributed by atoms with Crippen LogP contribution < -0.4 is 5.73 Å². The van der Waals surface area contributed by atoms with Crippen molar-refractivity contribution in [1.29, 1.82) is 0 Å². The van der Waals surface area contributed by atoms with E-state index in [1.54, 1.807) is 11.7 Å². The molecule has 1 unspecified atom stereocenters. The third-order valence-corrected chi connectivity index (χ3v) is 9.75. The van der Waals surface area contributed by atoms with E-state index in [4.69, 9.17) is 5.73 Å². The van der Waals surface area contributed by atoms with Gasteiger partial charge in [0.05, 0.1) is 0 Å². The van der Waals surface area contributed by atoms with Crippen LogP contribution in [-0.2, 0) is 0 Å². The molecule has 0 amide bonds. The average molecular weight is 237 g/mol. The molecule has 0 saturated carbocycles. The van der Waals surface area contributed by atoms with Crippen molar-refractivity contribution in [3.05, 3.63) is 21.6 Å². The van der Waals surface area contributed by atoms with E-state index >= 15 is 0 Å². The van der Waals surface area contributed by atoms with Gasteiger partial charge in [-0.25, -0.2) is 0 Å². The Labute approximate surface area is 69.5 Å². The topological polar surface area (TPSA) is 26.0 Å².